The van der Waals surface area contributed by atoms with Gasteiger partial charge in [0.05, 0.1) is 25.3 Å². The highest BCUT2D eigenvalue weighted by Crippen LogP contribution is 2.26. The molecule has 0 saturated carbocycles. The summed E-state index contributed by atoms with van der Waals surface area (Å²) in [6, 6.07) is 11.0. The number of hydrogen-bond donors (Lipinski definition) is 0. The normalized spacial score (nSPS) is 14.0. The van der Waals surface area contributed by atoms with Crippen molar-refractivity contribution in [2.45, 2.75) is 0 Å². The van der Waals surface area contributed by atoms with E-state index in [0.29, 0.717) is 37.6 Å². The Morgan fingerprint density at radius 1 is 1.19 bits per heavy atom. The summed E-state index contributed by atoms with van der Waals surface area (Å²) in [5, 5.41) is 1.69. The van der Waals surface area contributed by atoms with Crippen molar-refractivity contribution in [1.82, 2.24) is 9.80 Å². The number of carbonyl (C=O) groups is 3. The first-order valence-electron chi connectivity index (χ1n) is 8.79. The van der Waals surface area contributed by atoms with Crippen molar-refractivity contribution in [3.8, 4) is 5.75 Å². The molecule has 0 aliphatic carbocycles. The zero-order valence-electron chi connectivity index (χ0n) is 15.2. The molecule has 0 bridgehead atoms. The molecule has 3 rings (SSSR count). The van der Waals surface area contributed by atoms with Crippen LogP contribution in [0.15, 0.2) is 36.4 Å². The van der Waals surface area contributed by atoms with E-state index in [1.54, 1.807) is 18.0 Å². The van der Waals surface area contributed by atoms with Gasteiger partial charge in [0, 0.05) is 20.1 Å². The summed E-state index contributed by atoms with van der Waals surface area (Å²) in [6.07, 6.45) is 0.730. The minimum absolute atomic E-state index is 0.0134. The van der Waals surface area contributed by atoms with Crippen molar-refractivity contribution in [2.75, 3.05) is 46.5 Å². The van der Waals surface area contributed by atoms with Crippen LogP contribution in [0, 0.1) is 0 Å². The smallest absolute Gasteiger partial charge is 0.260 e. The molecule has 2 aromatic carbocycles. The van der Waals surface area contributed by atoms with Gasteiger partial charge in [-0.15, -0.1) is 0 Å². The number of morpholine rings is 1. The van der Waals surface area contributed by atoms with Crippen LogP contribution in [-0.2, 0) is 14.3 Å². The summed E-state index contributed by atoms with van der Waals surface area (Å²) in [5.41, 5.74) is 0.410. The van der Waals surface area contributed by atoms with Crippen LogP contribution >= 0.6 is 0 Å². The number of amides is 2. The molecular weight excluding hydrogens is 348 g/mol. The fraction of sp³-hybridized carbons (Fsp3) is 0.350. The van der Waals surface area contributed by atoms with Gasteiger partial charge in [0.15, 0.2) is 12.9 Å². The summed E-state index contributed by atoms with van der Waals surface area (Å²) >= 11 is 0. The molecule has 1 fully saturated rings. The van der Waals surface area contributed by atoms with Gasteiger partial charge < -0.3 is 19.3 Å². The summed E-state index contributed by atoms with van der Waals surface area (Å²) in [4.78, 5) is 39.1. The van der Waals surface area contributed by atoms with E-state index in [4.69, 9.17) is 9.47 Å². The number of fused-ring (bicyclic) bond motifs is 1. The van der Waals surface area contributed by atoms with Crippen molar-refractivity contribution < 1.29 is 23.9 Å². The number of aldehydes is 1. The fourth-order valence-corrected chi connectivity index (χ4v) is 2.98. The molecule has 7 heteroatoms. The van der Waals surface area contributed by atoms with Gasteiger partial charge in [-0.1, -0.05) is 30.3 Å². The lowest BCUT2D eigenvalue weighted by Crippen LogP contribution is -2.46. The van der Waals surface area contributed by atoms with Crippen LogP contribution in [0.4, 0.5) is 0 Å². The number of ether oxygens (including phenoxy) is 2. The van der Waals surface area contributed by atoms with Crippen molar-refractivity contribution >= 4 is 28.9 Å². The summed E-state index contributed by atoms with van der Waals surface area (Å²) in [7, 11) is 1.56. The third-order valence-corrected chi connectivity index (χ3v) is 4.56. The molecule has 1 aliphatic rings. The third-order valence-electron chi connectivity index (χ3n) is 4.56. The molecule has 0 atom stereocenters. The predicted molar refractivity (Wildman–Crippen MR) is 99.9 cm³/mol. The Morgan fingerprint density at radius 2 is 1.93 bits per heavy atom. The van der Waals surface area contributed by atoms with E-state index in [-0.39, 0.29) is 25.0 Å². The first-order valence-corrected chi connectivity index (χ1v) is 8.79. The standard InChI is InChI=1S/C20H22N2O5/c1-21(12-19(24)22-8-10-26-11-9-22)20(25)14-27-18-7-6-15-4-2-3-5-16(15)17(18)13-23/h2-7,13H,8-12,14H2,1H3. The largest absolute Gasteiger partial charge is 0.483 e. The first-order chi connectivity index (χ1) is 13.1. The van der Waals surface area contributed by atoms with Crippen molar-refractivity contribution in [1.29, 1.82) is 0 Å². The topological polar surface area (TPSA) is 76.2 Å². The zero-order valence-corrected chi connectivity index (χ0v) is 15.2. The van der Waals surface area contributed by atoms with Crippen molar-refractivity contribution in [2.24, 2.45) is 0 Å². The van der Waals surface area contributed by atoms with Gasteiger partial charge in [-0.3, -0.25) is 14.4 Å². The second kappa shape index (κ2) is 8.64. The van der Waals surface area contributed by atoms with Crippen LogP contribution in [0.3, 0.4) is 0 Å². The number of likely N-dealkylation sites (N-methyl/N-ethyl adjacent to an activating group) is 1. The molecule has 2 amide bonds. The zero-order chi connectivity index (χ0) is 19.2. The van der Waals surface area contributed by atoms with Crippen LogP contribution in [0.25, 0.3) is 10.8 Å². The molecule has 1 saturated heterocycles. The van der Waals surface area contributed by atoms with Crippen molar-refractivity contribution in [3.63, 3.8) is 0 Å². The van der Waals surface area contributed by atoms with E-state index < -0.39 is 0 Å². The SMILES string of the molecule is CN(CC(=O)N1CCOCC1)C(=O)COc1ccc2ccccc2c1C=O. The highest BCUT2D eigenvalue weighted by molar-refractivity contribution is 6.00. The maximum atomic E-state index is 12.3. The van der Waals surface area contributed by atoms with Gasteiger partial charge in [0.25, 0.3) is 5.91 Å². The number of nitrogens with zero attached hydrogens (tertiary/aromatic N) is 2. The highest BCUT2D eigenvalue weighted by Gasteiger charge is 2.21. The lowest BCUT2D eigenvalue weighted by Gasteiger charge is -2.28. The second-order valence-corrected chi connectivity index (χ2v) is 6.35. The number of hydrogen-bond acceptors (Lipinski definition) is 5. The molecule has 0 spiro atoms. The average Bonchev–Trinajstić information content (AvgIpc) is 2.71. The fourth-order valence-electron chi connectivity index (χ4n) is 2.98. The maximum Gasteiger partial charge on any atom is 0.260 e. The van der Waals surface area contributed by atoms with E-state index in [0.717, 1.165) is 17.1 Å². The van der Waals surface area contributed by atoms with E-state index >= 15 is 0 Å². The number of rotatable bonds is 6. The molecule has 7 nitrogen and oxygen atoms in total. The Balaban J connectivity index is 1.60. The van der Waals surface area contributed by atoms with Gasteiger partial charge in [0.1, 0.15) is 5.75 Å². The van der Waals surface area contributed by atoms with Crippen LogP contribution in [0.5, 0.6) is 5.75 Å². The monoisotopic (exact) mass is 370 g/mol. The molecule has 1 aliphatic heterocycles. The predicted octanol–water partition coefficient (Wildman–Crippen LogP) is 1.35. The van der Waals surface area contributed by atoms with Crippen molar-refractivity contribution in [3.05, 3.63) is 42.0 Å². The summed E-state index contributed by atoms with van der Waals surface area (Å²) < 4.78 is 10.8. The van der Waals surface area contributed by atoms with Crippen LogP contribution < -0.4 is 4.74 Å². The number of benzene rings is 2. The summed E-state index contributed by atoms with van der Waals surface area (Å²) in [5.74, 6) is -0.0972. The highest BCUT2D eigenvalue weighted by atomic mass is 16.5. The van der Waals surface area contributed by atoms with Gasteiger partial charge >= 0.3 is 0 Å². The van der Waals surface area contributed by atoms with E-state index in [1.807, 2.05) is 30.3 Å². The van der Waals surface area contributed by atoms with Gasteiger partial charge in [-0.05, 0) is 16.8 Å². The molecule has 142 valence electrons. The maximum absolute atomic E-state index is 12.3. The van der Waals surface area contributed by atoms with E-state index in [1.165, 1.54) is 4.90 Å². The second-order valence-electron chi connectivity index (χ2n) is 6.35. The molecular formula is C20H22N2O5. The van der Waals surface area contributed by atoms with Gasteiger partial charge in [-0.2, -0.15) is 0 Å². The Bertz CT molecular complexity index is 845. The Kier molecular flexibility index (Phi) is 6.03. The quantitative estimate of drug-likeness (QED) is 0.718. The van der Waals surface area contributed by atoms with E-state index in [2.05, 4.69) is 0 Å². The van der Waals surface area contributed by atoms with Crippen LogP contribution in [-0.4, -0.2) is 74.4 Å². The first kappa shape index (κ1) is 18.8. The number of carbonyl (C=O) groups excluding carboxylic acids is 3. The average molecular weight is 370 g/mol. The minimum Gasteiger partial charge on any atom is -0.483 e. The Morgan fingerprint density at radius 3 is 2.67 bits per heavy atom. The molecule has 0 radical (unpaired) electrons. The Labute approximate surface area is 157 Å². The van der Waals surface area contributed by atoms with Crippen LogP contribution in [0.2, 0.25) is 0 Å². The molecule has 2 aromatic rings. The van der Waals surface area contributed by atoms with Gasteiger partial charge in [-0.25, -0.2) is 0 Å². The lowest BCUT2D eigenvalue weighted by molar-refractivity contribution is -0.142. The summed E-state index contributed by atoms with van der Waals surface area (Å²) in [6.45, 7) is 1.85. The van der Waals surface area contributed by atoms with Crippen LogP contribution in [0.1, 0.15) is 10.4 Å². The molecule has 0 aromatic heterocycles. The molecule has 1 heterocycles. The lowest BCUT2D eigenvalue weighted by atomic mass is 10.0. The minimum atomic E-state index is -0.332. The molecule has 0 unspecified atom stereocenters. The van der Waals surface area contributed by atoms with Gasteiger partial charge in [0.2, 0.25) is 5.91 Å². The third kappa shape index (κ3) is 4.43. The Hall–Kier alpha value is -2.93. The molecule has 27 heavy (non-hydrogen) atoms. The molecule has 0 N–H and O–H groups in total. The van der Waals surface area contributed by atoms with E-state index in [9.17, 15) is 14.4 Å².